The van der Waals surface area contributed by atoms with E-state index in [1.54, 1.807) is 31.4 Å². The van der Waals surface area contributed by atoms with Crippen LogP contribution in [0.1, 0.15) is 22.6 Å². The molecule has 1 amide bonds. The minimum absolute atomic E-state index is 0.148. The number of nitrogens with zero attached hydrogens (tertiary/aromatic N) is 2. The summed E-state index contributed by atoms with van der Waals surface area (Å²) in [7, 11) is 0.938. The van der Waals surface area contributed by atoms with Crippen LogP contribution in [-0.2, 0) is 21.4 Å². The number of hydrogen-bond acceptors (Lipinski definition) is 7. The second-order valence-electron chi connectivity index (χ2n) is 7.64. The largest absolute Gasteiger partial charge is 0.493 e. The fourth-order valence-corrected chi connectivity index (χ4v) is 3.94. The van der Waals surface area contributed by atoms with E-state index >= 15 is 0 Å². The molecule has 180 valence electrons. The summed E-state index contributed by atoms with van der Waals surface area (Å²) in [6, 6.07) is 11.3. The Morgan fingerprint density at radius 3 is 2.41 bits per heavy atom. The maximum absolute atomic E-state index is 12.3. The van der Waals surface area contributed by atoms with Crippen LogP contribution in [0.2, 0.25) is 0 Å². The third-order valence-electron chi connectivity index (χ3n) is 5.07. The molecule has 0 aliphatic rings. The van der Waals surface area contributed by atoms with Crippen LogP contribution in [-0.4, -0.2) is 45.0 Å². The Morgan fingerprint density at radius 1 is 1.12 bits per heavy atom. The predicted octanol–water partition coefficient (Wildman–Crippen LogP) is 3.78. The SMILES string of the molecule is COc1cc(/C=C/C(=O)Nc2ccc(S(=O)(=O)N(C)C)cc2)ccc1OCc1c(C)noc1C. The fourth-order valence-electron chi connectivity index (χ4n) is 3.04. The van der Waals surface area contributed by atoms with Gasteiger partial charge in [-0.2, -0.15) is 0 Å². The van der Waals surface area contributed by atoms with E-state index in [1.807, 2.05) is 13.8 Å². The Hall–Kier alpha value is -3.63. The van der Waals surface area contributed by atoms with Crippen molar-refractivity contribution in [2.45, 2.75) is 25.3 Å². The molecule has 9 nitrogen and oxygen atoms in total. The van der Waals surface area contributed by atoms with Gasteiger partial charge in [0.1, 0.15) is 12.4 Å². The lowest BCUT2D eigenvalue weighted by atomic mass is 10.2. The normalized spacial score (nSPS) is 11.7. The highest BCUT2D eigenvalue weighted by molar-refractivity contribution is 7.89. The third kappa shape index (κ3) is 5.83. The van der Waals surface area contributed by atoms with Crippen molar-refractivity contribution in [3.63, 3.8) is 0 Å². The van der Waals surface area contributed by atoms with Crippen molar-refractivity contribution < 1.29 is 27.2 Å². The van der Waals surface area contributed by atoms with Crippen LogP contribution >= 0.6 is 0 Å². The molecule has 0 aliphatic heterocycles. The Balaban J connectivity index is 1.64. The maximum Gasteiger partial charge on any atom is 0.248 e. The van der Waals surface area contributed by atoms with Crippen molar-refractivity contribution in [1.29, 1.82) is 0 Å². The van der Waals surface area contributed by atoms with E-state index < -0.39 is 10.0 Å². The van der Waals surface area contributed by atoms with Crippen LogP contribution in [0.15, 0.2) is 58.0 Å². The molecule has 0 bridgehead atoms. The van der Waals surface area contributed by atoms with Gasteiger partial charge in [0.05, 0.1) is 23.3 Å². The van der Waals surface area contributed by atoms with Crippen molar-refractivity contribution >= 4 is 27.7 Å². The smallest absolute Gasteiger partial charge is 0.248 e. The molecule has 34 heavy (non-hydrogen) atoms. The van der Waals surface area contributed by atoms with Crippen molar-refractivity contribution in [2.24, 2.45) is 0 Å². The highest BCUT2D eigenvalue weighted by Crippen LogP contribution is 2.30. The molecule has 1 heterocycles. The number of ether oxygens (including phenoxy) is 2. The zero-order valence-corrected chi connectivity index (χ0v) is 20.5. The highest BCUT2D eigenvalue weighted by Gasteiger charge is 2.16. The van der Waals surface area contributed by atoms with Crippen molar-refractivity contribution in [3.8, 4) is 11.5 Å². The number of aryl methyl sites for hydroxylation is 2. The quantitative estimate of drug-likeness (QED) is 0.459. The number of amides is 1. The predicted molar refractivity (Wildman–Crippen MR) is 128 cm³/mol. The second kappa shape index (κ2) is 10.5. The first-order valence-corrected chi connectivity index (χ1v) is 11.8. The minimum Gasteiger partial charge on any atom is -0.493 e. The Kier molecular flexibility index (Phi) is 7.75. The number of sulfonamides is 1. The average molecular weight is 486 g/mol. The van der Waals surface area contributed by atoms with Crippen LogP contribution < -0.4 is 14.8 Å². The van der Waals surface area contributed by atoms with Gasteiger partial charge in [0.2, 0.25) is 15.9 Å². The first-order chi connectivity index (χ1) is 16.1. The molecule has 3 aromatic rings. The summed E-state index contributed by atoms with van der Waals surface area (Å²) in [5.41, 5.74) is 2.88. The highest BCUT2D eigenvalue weighted by atomic mass is 32.2. The summed E-state index contributed by atoms with van der Waals surface area (Å²) < 4.78 is 41.8. The Bertz CT molecular complexity index is 1280. The van der Waals surface area contributed by atoms with E-state index in [1.165, 1.54) is 44.4 Å². The molecule has 0 spiro atoms. The summed E-state index contributed by atoms with van der Waals surface area (Å²) in [6.07, 6.45) is 3.02. The van der Waals surface area contributed by atoms with Crippen LogP contribution in [0.5, 0.6) is 11.5 Å². The van der Waals surface area contributed by atoms with Gasteiger partial charge in [-0.15, -0.1) is 0 Å². The van der Waals surface area contributed by atoms with Gasteiger partial charge in [-0.3, -0.25) is 4.79 Å². The fraction of sp³-hybridized carbons (Fsp3) is 0.250. The Morgan fingerprint density at radius 2 is 1.82 bits per heavy atom. The molecule has 0 unspecified atom stereocenters. The van der Waals surface area contributed by atoms with Crippen molar-refractivity contribution in [1.82, 2.24) is 9.46 Å². The zero-order chi connectivity index (χ0) is 24.9. The van der Waals surface area contributed by atoms with Gasteiger partial charge in [-0.25, -0.2) is 12.7 Å². The Labute approximate surface area is 199 Å². The summed E-state index contributed by atoms with van der Waals surface area (Å²) >= 11 is 0. The number of nitrogens with one attached hydrogen (secondary N) is 1. The lowest BCUT2D eigenvalue weighted by Gasteiger charge is -2.12. The first-order valence-electron chi connectivity index (χ1n) is 10.4. The van der Waals surface area contributed by atoms with Gasteiger partial charge in [0.15, 0.2) is 11.5 Å². The average Bonchev–Trinajstić information content (AvgIpc) is 3.13. The number of carbonyl (C=O) groups is 1. The van der Waals surface area contributed by atoms with Crippen LogP contribution in [0, 0.1) is 13.8 Å². The van der Waals surface area contributed by atoms with E-state index in [9.17, 15) is 13.2 Å². The molecule has 0 aliphatic carbocycles. The third-order valence-corrected chi connectivity index (χ3v) is 6.90. The number of methoxy groups -OCH3 is 1. The van der Waals surface area contributed by atoms with E-state index in [-0.39, 0.29) is 10.8 Å². The molecule has 1 aromatic heterocycles. The van der Waals surface area contributed by atoms with Crippen LogP contribution in [0.4, 0.5) is 5.69 Å². The molecule has 1 N–H and O–H groups in total. The molecular formula is C24H27N3O6S. The zero-order valence-electron chi connectivity index (χ0n) is 19.7. The number of aromatic nitrogens is 1. The molecule has 0 saturated heterocycles. The van der Waals surface area contributed by atoms with Gasteiger partial charge in [0, 0.05) is 25.9 Å². The van der Waals surface area contributed by atoms with Gasteiger partial charge in [-0.1, -0.05) is 11.2 Å². The molecule has 0 radical (unpaired) electrons. The van der Waals surface area contributed by atoms with E-state index in [2.05, 4.69) is 10.5 Å². The summed E-state index contributed by atoms with van der Waals surface area (Å²) in [5, 5.41) is 6.62. The molecule has 0 atom stereocenters. The standard InChI is InChI=1S/C24H27N3O6S/c1-16-21(17(2)33-26-16)15-32-22-12-6-18(14-23(22)31-5)7-13-24(28)25-19-8-10-20(11-9-19)34(29,30)27(3)4/h6-14H,15H2,1-5H3,(H,25,28)/b13-7+. The number of carbonyl (C=O) groups excluding carboxylic acids is 1. The molecule has 3 rings (SSSR count). The van der Waals surface area contributed by atoms with Crippen LogP contribution in [0.25, 0.3) is 6.08 Å². The topological polar surface area (TPSA) is 111 Å². The molecule has 0 fully saturated rings. The molecular weight excluding hydrogens is 458 g/mol. The van der Waals surface area contributed by atoms with Crippen molar-refractivity contribution in [3.05, 3.63) is 71.1 Å². The second-order valence-corrected chi connectivity index (χ2v) is 9.79. The van der Waals surface area contributed by atoms with Gasteiger partial charge in [0.25, 0.3) is 0 Å². The number of anilines is 1. The van der Waals surface area contributed by atoms with Gasteiger partial charge >= 0.3 is 0 Å². The monoisotopic (exact) mass is 485 g/mol. The van der Waals surface area contributed by atoms with E-state index in [0.29, 0.717) is 29.6 Å². The summed E-state index contributed by atoms with van der Waals surface area (Å²) in [6.45, 7) is 3.98. The minimum atomic E-state index is -3.52. The summed E-state index contributed by atoms with van der Waals surface area (Å²) in [5.74, 6) is 1.42. The summed E-state index contributed by atoms with van der Waals surface area (Å²) in [4.78, 5) is 12.4. The van der Waals surface area contributed by atoms with Crippen LogP contribution in [0.3, 0.4) is 0 Å². The van der Waals surface area contributed by atoms with Gasteiger partial charge in [-0.05, 0) is 61.9 Å². The lowest BCUT2D eigenvalue weighted by molar-refractivity contribution is -0.111. The number of hydrogen-bond donors (Lipinski definition) is 1. The molecule has 2 aromatic carbocycles. The lowest BCUT2D eigenvalue weighted by Crippen LogP contribution is -2.22. The van der Waals surface area contributed by atoms with Crippen molar-refractivity contribution in [2.75, 3.05) is 26.5 Å². The molecule has 10 heteroatoms. The maximum atomic E-state index is 12.3. The first kappa shape index (κ1) is 25.0. The van der Waals surface area contributed by atoms with Gasteiger partial charge < -0.3 is 19.3 Å². The molecule has 0 saturated carbocycles. The number of benzene rings is 2. The van der Waals surface area contributed by atoms with E-state index in [4.69, 9.17) is 14.0 Å². The number of rotatable bonds is 9. The van der Waals surface area contributed by atoms with E-state index in [0.717, 1.165) is 21.1 Å².